The number of esters is 1. The van der Waals surface area contributed by atoms with E-state index < -0.39 is 30.1 Å². The van der Waals surface area contributed by atoms with Gasteiger partial charge in [-0.2, -0.15) is 18.3 Å². The fourth-order valence-corrected chi connectivity index (χ4v) is 3.22. The smallest absolute Gasteiger partial charge is 0.416 e. The second kappa shape index (κ2) is 8.84. The Hall–Kier alpha value is -3.27. The number of aliphatic hydroxyl groups is 1. The van der Waals surface area contributed by atoms with Crippen molar-refractivity contribution in [3.8, 4) is 5.82 Å². The first-order valence-electron chi connectivity index (χ1n) is 9.32. The summed E-state index contributed by atoms with van der Waals surface area (Å²) >= 11 is 0. The molecule has 6 nitrogen and oxygen atoms in total. The number of alkyl halides is 3. The summed E-state index contributed by atoms with van der Waals surface area (Å²) in [5.74, 6) is -1.37. The number of hydrogen-bond donors (Lipinski definition) is 1. The first-order valence-corrected chi connectivity index (χ1v) is 9.32. The fourth-order valence-electron chi connectivity index (χ4n) is 3.22. The molecule has 0 radical (unpaired) electrons. The summed E-state index contributed by atoms with van der Waals surface area (Å²) in [7, 11) is 0. The number of rotatable bonds is 6. The normalized spacial score (nSPS) is 11.6. The molecule has 1 aromatic carbocycles. The molecule has 0 aliphatic carbocycles. The number of hydrogen-bond acceptors (Lipinski definition) is 5. The highest BCUT2D eigenvalue weighted by Gasteiger charge is 2.31. The Labute approximate surface area is 175 Å². The Bertz CT molecular complexity index is 1110. The van der Waals surface area contributed by atoms with Gasteiger partial charge in [0.1, 0.15) is 11.4 Å². The molecule has 0 atom stereocenters. The third-order valence-electron chi connectivity index (χ3n) is 4.51. The SMILES string of the molecule is CCOC(=O)c1c(C)nn(-c2cc(Cc3cc(F)cc(C(F)(F)F)c3)ccn2)c1CO. The van der Waals surface area contributed by atoms with E-state index in [4.69, 9.17) is 4.74 Å². The lowest BCUT2D eigenvalue weighted by atomic mass is 10.0. The molecule has 0 bridgehead atoms. The third kappa shape index (κ3) is 4.91. The largest absolute Gasteiger partial charge is 0.462 e. The number of halogens is 4. The van der Waals surface area contributed by atoms with Crippen LogP contribution >= 0.6 is 0 Å². The van der Waals surface area contributed by atoms with Crippen molar-refractivity contribution >= 4 is 5.97 Å². The van der Waals surface area contributed by atoms with Crippen molar-refractivity contribution in [2.75, 3.05) is 6.61 Å². The van der Waals surface area contributed by atoms with E-state index >= 15 is 0 Å². The molecular weight excluding hydrogens is 418 g/mol. The van der Waals surface area contributed by atoms with Crippen LogP contribution in [0.1, 0.15) is 45.4 Å². The summed E-state index contributed by atoms with van der Waals surface area (Å²) in [5, 5.41) is 14.0. The molecule has 0 unspecified atom stereocenters. The average molecular weight is 437 g/mol. The molecule has 3 aromatic rings. The van der Waals surface area contributed by atoms with Gasteiger partial charge in [0.15, 0.2) is 5.82 Å². The summed E-state index contributed by atoms with van der Waals surface area (Å²) in [6.07, 6.45) is -3.24. The Morgan fingerprint density at radius 3 is 2.58 bits per heavy atom. The summed E-state index contributed by atoms with van der Waals surface area (Å²) < 4.78 is 58.9. The van der Waals surface area contributed by atoms with Crippen molar-refractivity contribution in [3.63, 3.8) is 0 Å². The van der Waals surface area contributed by atoms with Crippen molar-refractivity contribution in [3.05, 3.63) is 76.0 Å². The zero-order valence-corrected chi connectivity index (χ0v) is 16.7. The zero-order valence-electron chi connectivity index (χ0n) is 16.7. The van der Waals surface area contributed by atoms with Crippen molar-refractivity contribution in [1.29, 1.82) is 0 Å². The van der Waals surface area contributed by atoms with Crippen molar-refractivity contribution < 1.29 is 32.2 Å². The first kappa shape index (κ1) is 22.4. The molecule has 0 aliphatic rings. The lowest BCUT2D eigenvalue weighted by Crippen LogP contribution is -2.11. The second-order valence-electron chi connectivity index (χ2n) is 6.74. The number of aromatic nitrogens is 3. The molecule has 164 valence electrons. The van der Waals surface area contributed by atoms with E-state index in [1.165, 1.54) is 10.9 Å². The van der Waals surface area contributed by atoms with Crippen molar-refractivity contribution in [2.24, 2.45) is 0 Å². The fraction of sp³-hybridized carbons (Fsp3) is 0.286. The number of benzene rings is 1. The summed E-state index contributed by atoms with van der Waals surface area (Å²) in [6, 6.07) is 5.48. The molecule has 0 saturated heterocycles. The minimum Gasteiger partial charge on any atom is -0.462 e. The molecule has 1 N–H and O–H groups in total. The summed E-state index contributed by atoms with van der Waals surface area (Å²) in [4.78, 5) is 16.4. The lowest BCUT2D eigenvalue weighted by molar-refractivity contribution is -0.137. The van der Waals surface area contributed by atoms with E-state index in [0.717, 1.165) is 12.1 Å². The van der Waals surface area contributed by atoms with Gasteiger partial charge in [0, 0.05) is 6.20 Å². The van der Waals surface area contributed by atoms with Crippen LogP contribution < -0.4 is 0 Å². The van der Waals surface area contributed by atoms with E-state index in [1.54, 1.807) is 26.0 Å². The molecule has 0 spiro atoms. The highest BCUT2D eigenvalue weighted by atomic mass is 19.4. The standard InChI is InChI=1S/C21H19F4N3O3/c1-3-31-20(30)19-12(2)27-28(17(19)11-29)18-9-13(4-5-26-18)6-14-7-15(21(23,24)25)10-16(22)8-14/h4-5,7-10,29H,3,6,11H2,1-2H3. The average Bonchev–Trinajstić information content (AvgIpc) is 3.03. The van der Waals surface area contributed by atoms with Crippen LogP contribution in [0.3, 0.4) is 0 Å². The molecule has 0 aliphatic heterocycles. The summed E-state index contributed by atoms with van der Waals surface area (Å²) in [5.41, 5.74) is 0.229. The maximum absolute atomic E-state index is 13.7. The van der Waals surface area contributed by atoms with Gasteiger partial charge in [-0.15, -0.1) is 0 Å². The maximum atomic E-state index is 13.7. The lowest BCUT2D eigenvalue weighted by Gasteiger charge is -2.11. The third-order valence-corrected chi connectivity index (χ3v) is 4.51. The number of aryl methyl sites for hydroxylation is 1. The molecule has 2 heterocycles. The van der Waals surface area contributed by atoms with Gasteiger partial charge < -0.3 is 9.84 Å². The van der Waals surface area contributed by atoms with E-state index in [0.29, 0.717) is 17.3 Å². The van der Waals surface area contributed by atoms with Crippen molar-refractivity contribution in [2.45, 2.75) is 33.1 Å². The van der Waals surface area contributed by atoms with E-state index in [1.807, 2.05) is 0 Å². The molecular formula is C21H19F4N3O3. The van der Waals surface area contributed by atoms with Gasteiger partial charge in [0.2, 0.25) is 0 Å². The van der Waals surface area contributed by atoms with E-state index in [2.05, 4.69) is 10.1 Å². The van der Waals surface area contributed by atoms with Gasteiger partial charge in [0.25, 0.3) is 0 Å². The molecule has 0 saturated carbocycles. The molecule has 31 heavy (non-hydrogen) atoms. The van der Waals surface area contributed by atoms with Crippen LogP contribution in [-0.4, -0.2) is 32.4 Å². The van der Waals surface area contributed by atoms with Gasteiger partial charge in [-0.3, -0.25) is 0 Å². The van der Waals surface area contributed by atoms with Gasteiger partial charge in [-0.1, -0.05) is 0 Å². The highest BCUT2D eigenvalue weighted by Crippen LogP contribution is 2.31. The summed E-state index contributed by atoms with van der Waals surface area (Å²) in [6.45, 7) is 2.87. The predicted octanol–water partition coefficient (Wildman–Crippen LogP) is 3.99. The van der Waals surface area contributed by atoms with E-state index in [-0.39, 0.29) is 35.7 Å². The van der Waals surface area contributed by atoms with E-state index in [9.17, 15) is 27.5 Å². The van der Waals surface area contributed by atoms with Crippen molar-refractivity contribution in [1.82, 2.24) is 14.8 Å². The monoisotopic (exact) mass is 437 g/mol. The zero-order chi connectivity index (χ0) is 22.8. The van der Waals surface area contributed by atoms with Crippen LogP contribution in [-0.2, 0) is 23.9 Å². The Kier molecular flexibility index (Phi) is 6.40. The minimum absolute atomic E-state index is 0.00972. The Morgan fingerprint density at radius 2 is 1.94 bits per heavy atom. The molecule has 0 amide bonds. The number of carbonyl (C=O) groups is 1. The second-order valence-corrected chi connectivity index (χ2v) is 6.74. The molecule has 10 heteroatoms. The molecule has 2 aromatic heterocycles. The van der Waals surface area contributed by atoms with Crippen LogP contribution in [0.2, 0.25) is 0 Å². The van der Waals surface area contributed by atoms with Crippen LogP contribution in [0, 0.1) is 12.7 Å². The van der Waals surface area contributed by atoms with Crippen LogP contribution in [0.5, 0.6) is 0 Å². The maximum Gasteiger partial charge on any atom is 0.416 e. The molecule has 3 rings (SSSR count). The predicted molar refractivity (Wildman–Crippen MR) is 102 cm³/mol. The highest BCUT2D eigenvalue weighted by molar-refractivity contribution is 5.92. The van der Waals surface area contributed by atoms with Crippen LogP contribution in [0.25, 0.3) is 5.82 Å². The molecule has 0 fully saturated rings. The van der Waals surface area contributed by atoms with Gasteiger partial charge >= 0.3 is 12.1 Å². The van der Waals surface area contributed by atoms with Gasteiger partial charge in [0.05, 0.1) is 30.2 Å². The van der Waals surface area contributed by atoms with Crippen LogP contribution in [0.15, 0.2) is 36.5 Å². The minimum atomic E-state index is -4.66. The van der Waals surface area contributed by atoms with Gasteiger partial charge in [-0.05, 0) is 61.7 Å². The number of pyridine rings is 1. The number of aliphatic hydroxyl groups excluding tert-OH is 1. The Morgan fingerprint density at radius 1 is 1.19 bits per heavy atom. The number of carbonyl (C=O) groups excluding carboxylic acids is 1. The topological polar surface area (TPSA) is 77.2 Å². The van der Waals surface area contributed by atoms with Gasteiger partial charge in [-0.25, -0.2) is 18.9 Å². The Balaban J connectivity index is 1.98. The quantitative estimate of drug-likeness (QED) is 0.466. The first-order chi connectivity index (χ1) is 14.6. The van der Waals surface area contributed by atoms with Crippen LogP contribution in [0.4, 0.5) is 17.6 Å². The number of nitrogens with zero attached hydrogens (tertiary/aromatic N) is 3. The number of ether oxygens (including phenoxy) is 1.